The third-order valence-corrected chi connectivity index (χ3v) is 2.37. The Labute approximate surface area is 55.2 Å². The molecule has 1 aliphatic heterocycles. The summed E-state index contributed by atoms with van der Waals surface area (Å²) < 4.78 is 0. The van der Waals surface area contributed by atoms with Crippen LogP contribution in [0.2, 0.25) is 0 Å². The predicted octanol–water partition coefficient (Wildman–Crippen LogP) is 0.959. The molecule has 1 heterocycles. The summed E-state index contributed by atoms with van der Waals surface area (Å²) in [5.74, 6) is 2.30. The maximum absolute atomic E-state index is 3.34. The second kappa shape index (κ2) is 3.36. The molecule has 1 saturated heterocycles. The Kier molecular flexibility index (Phi) is 2.70. The number of thioether (sulfide) groups is 1. The first-order valence-corrected chi connectivity index (χ1v) is 4.52. The monoisotopic (exact) mass is 131 g/mol. The molecule has 8 heavy (non-hydrogen) atoms. The van der Waals surface area contributed by atoms with Crippen molar-refractivity contribution in [2.45, 2.75) is 6.42 Å². The number of rotatable bonds is 2. The lowest BCUT2D eigenvalue weighted by Gasteiger charge is -2.02. The summed E-state index contributed by atoms with van der Waals surface area (Å²) in [5.41, 5.74) is 0. The topological polar surface area (TPSA) is 12.0 Å². The summed E-state index contributed by atoms with van der Waals surface area (Å²) in [6, 6.07) is 0. The quantitative estimate of drug-likeness (QED) is 0.599. The molecule has 1 N–H and O–H groups in total. The van der Waals surface area contributed by atoms with Crippen molar-refractivity contribution in [1.29, 1.82) is 0 Å². The van der Waals surface area contributed by atoms with Gasteiger partial charge in [-0.1, -0.05) is 0 Å². The van der Waals surface area contributed by atoms with E-state index in [1.54, 1.807) is 0 Å². The summed E-state index contributed by atoms with van der Waals surface area (Å²) in [4.78, 5) is 0. The SMILES string of the molecule is CSC[C@H]1CCNC1. The number of hydrogen-bond acceptors (Lipinski definition) is 2. The van der Waals surface area contributed by atoms with Crippen LogP contribution in [-0.4, -0.2) is 25.1 Å². The van der Waals surface area contributed by atoms with Crippen LogP contribution in [-0.2, 0) is 0 Å². The first-order chi connectivity index (χ1) is 3.93. The molecule has 0 spiro atoms. The maximum Gasteiger partial charge on any atom is -0.00122 e. The average molecular weight is 131 g/mol. The number of hydrogen-bond donors (Lipinski definition) is 1. The molecule has 0 unspecified atom stereocenters. The zero-order chi connectivity index (χ0) is 5.82. The Morgan fingerprint density at radius 2 is 2.62 bits per heavy atom. The fourth-order valence-electron chi connectivity index (χ4n) is 1.09. The van der Waals surface area contributed by atoms with Gasteiger partial charge in [-0.3, -0.25) is 0 Å². The van der Waals surface area contributed by atoms with Gasteiger partial charge in [0.25, 0.3) is 0 Å². The fraction of sp³-hybridized carbons (Fsp3) is 1.00. The largest absolute Gasteiger partial charge is 0.316 e. The van der Waals surface area contributed by atoms with Crippen LogP contribution in [0.3, 0.4) is 0 Å². The standard InChI is InChI=1S/C6H13NS/c1-8-5-6-2-3-7-4-6/h6-7H,2-5H2,1H3/t6-/m0/s1. The Balaban J connectivity index is 2.06. The van der Waals surface area contributed by atoms with E-state index in [1.807, 2.05) is 11.8 Å². The molecule has 0 bridgehead atoms. The minimum absolute atomic E-state index is 0.963. The van der Waals surface area contributed by atoms with E-state index >= 15 is 0 Å². The minimum Gasteiger partial charge on any atom is -0.316 e. The second-order valence-corrected chi connectivity index (χ2v) is 3.22. The van der Waals surface area contributed by atoms with Gasteiger partial charge < -0.3 is 5.32 Å². The van der Waals surface area contributed by atoms with Gasteiger partial charge >= 0.3 is 0 Å². The van der Waals surface area contributed by atoms with E-state index in [2.05, 4.69) is 11.6 Å². The van der Waals surface area contributed by atoms with Crippen molar-refractivity contribution in [2.75, 3.05) is 25.1 Å². The minimum atomic E-state index is 0.963. The lowest BCUT2D eigenvalue weighted by atomic mass is 10.2. The molecular weight excluding hydrogens is 118 g/mol. The number of nitrogens with one attached hydrogen (secondary N) is 1. The van der Waals surface area contributed by atoms with Gasteiger partial charge in [-0.05, 0) is 37.4 Å². The molecule has 1 rings (SSSR count). The van der Waals surface area contributed by atoms with Gasteiger partial charge in [0.05, 0.1) is 0 Å². The molecule has 0 amide bonds. The molecular formula is C6H13NS. The zero-order valence-electron chi connectivity index (χ0n) is 5.31. The van der Waals surface area contributed by atoms with Crippen LogP contribution in [0.15, 0.2) is 0 Å². The molecule has 0 saturated carbocycles. The van der Waals surface area contributed by atoms with Gasteiger partial charge in [0.2, 0.25) is 0 Å². The van der Waals surface area contributed by atoms with E-state index in [0.29, 0.717) is 0 Å². The van der Waals surface area contributed by atoms with Crippen LogP contribution in [0.25, 0.3) is 0 Å². The van der Waals surface area contributed by atoms with Gasteiger partial charge in [-0.2, -0.15) is 11.8 Å². The van der Waals surface area contributed by atoms with E-state index < -0.39 is 0 Å². The van der Waals surface area contributed by atoms with Crippen LogP contribution in [0.5, 0.6) is 0 Å². The van der Waals surface area contributed by atoms with Crippen molar-refractivity contribution >= 4 is 11.8 Å². The smallest absolute Gasteiger partial charge is 0.00122 e. The van der Waals surface area contributed by atoms with Gasteiger partial charge in [0.1, 0.15) is 0 Å². The maximum atomic E-state index is 3.34. The molecule has 0 radical (unpaired) electrons. The lowest BCUT2D eigenvalue weighted by molar-refractivity contribution is 0.663. The van der Waals surface area contributed by atoms with Crippen molar-refractivity contribution in [3.05, 3.63) is 0 Å². The highest BCUT2D eigenvalue weighted by Crippen LogP contribution is 2.11. The summed E-state index contributed by atoms with van der Waals surface area (Å²) in [7, 11) is 0. The first kappa shape index (κ1) is 6.43. The van der Waals surface area contributed by atoms with Gasteiger partial charge in [-0.25, -0.2) is 0 Å². The van der Waals surface area contributed by atoms with Gasteiger partial charge in [0, 0.05) is 0 Å². The first-order valence-electron chi connectivity index (χ1n) is 3.13. The summed E-state index contributed by atoms with van der Waals surface area (Å²) in [6.07, 6.45) is 3.57. The van der Waals surface area contributed by atoms with Crippen molar-refractivity contribution in [3.63, 3.8) is 0 Å². The van der Waals surface area contributed by atoms with Gasteiger partial charge in [0.15, 0.2) is 0 Å². The Bertz CT molecular complexity index is 59.5. The van der Waals surface area contributed by atoms with E-state index in [-0.39, 0.29) is 0 Å². The molecule has 1 nitrogen and oxygen atoms in total. The molecule has 1 atom stereocenters. The molecule has 0 aromatic heterocycles. The van der Waals surface area contributed by atoms with Gasteiger partial charge in [-0.15, -0.1) is 0 Å². The molecule has 1 aliphatic rings. The van der Waals surface area contributed by atoms with Crippen LogP contribution in [0.4, 0.5) is 0 Å². The Morgan fingerprint density at radius 1 is 1.75 bits per heavy atom. The third-order valence-electron chi connectivity index (χ3n) is 1.56. The van der Waals surface area contributed by atoms with Crippen molar-refractivity contribution < 1.29 is 0 Å². The molecule has 0 aromatic rings. The van der Waals surface area contributed by atoms with Crippen molar-refractivity contribution in [1.82, 2.24) is 5.32 Å². The van der Waals surface area contributed by atoms with E-state index in [0.717, 1.165) is 5.92 Å². The average Bonchev–Trinajstić information content (AvgIpc) is 2.19. The van der Waals surface area contributed by atoms with Crippen molar-refractivity contribution in [2.24, 2.45) is 5.92 Å². The third kappa shape index (κ3) is 1.67. The van der Waals surface area contributed by atoms with E-state index in [1.165, 1.54) is 25.3 Å². The highest BCUT2D eigenvalue weighted by molar-refractivity contribution is 7.98. The summed E-state index contributed by atoms with van der Waals surface area (Å²) in [5, 5.41) is 3.34. The molecule has 1 fully saturated rings. The zero-order valence-corrected chi connectivity index (χ0v) is 6.13. The van der Waals surface area contributed by atoms with Crippen LogP contribution in [0, 0.1) is 5.92 Å². The summed E-state index contributed by atoms with van der Waals surface area (Å²) in [6.45, 7) is 2.49. The normalized spacial score (nSPS) is 28.9. The highest BCUT2D eigenvalue weighted by atomic mass is 32.2. The van der Waals surface area contributed by atoms with E-state index in [9.17, 15) is 0 Å². The van der Waals surface area contributed by atoms with Crippen LogP contribution < -0.4 is 5.32 Å². The van der Waals surface area contributed by atoms with Crippen molar-refractivity contribution in [3.8, 4) is 0 Å². The molecule has 2 heteroatoms. The summed E-state index contributed by atoms with van der Waals surface area (Å²) >= 11 is 1.96. The second-order valence-electron chi connectivity index (χ2n) is 2.31. The molecule has 0 aliphatic carbocycles. The molecule has 0 aromatic carbocycles. The van der Waals surface area contributed by atoms with Crippen LogP contribution in [0.1, 0.15) is 6.42 Å². The fourth-order valence-corrected chi connectivity index (χ4v) is 1.85. The highest BCUT2D eigenvalue weighted by Gasteiger charge is 2.12. The predicted molar refractivity (Wildman–Crippen MR) is 39.4 cm³/mol. The molecule has 48 valence electrons. The lowest BCUT2D eigenvalue weighted by Crippen LogP contribution is -2.10. The Hall–Kier alpha value is 0.310. The van der Waals surface area contributed by atoms with E-state index in [4.69, 9.17) is 0 Å². The van der Waals surface area contributed by atoms with Crippen LogP contribution >= 0.6 is 11.8 Å². The Morgan fingerprint density at radius 3 is 3.12 bits per heavy atom.